The largest absolute Gasteiger partial charge is 0.493 e. The zero-order valence-electron chi connectivity index (χ0n) is 14.9. The van der Waals surface area contributed by atoms with Crippen LogP contribution in [0.3, 0.4) is 0 Å². The van der Waals surface area contributed by atoms with E-state index in [2.05, 4.69) is 0 Å². The second-order valence-corrected chi connectivity index (χ2v) is 6.19. The highest BCUT2D eigenvalue weighted by molar-refractivity contribution is 5.99. The lowest BCUT2D eigenvalue weighted by molar-refractivity contribution is -0.143. The van der Waals surface area contributed by atoms with E-state index in [1.54, 1.807) is 41.3 Å². The van der Waals surface area contributed by atoms with E-state index in [9.17, 15) is 14.4 Å². The highest BCUT2D eigenvalue weighted by atomic mass is 16.5. The zero-order chi connectivity index (χ0) is 19.1. The van der Waals surface area contributed by atoms with E-state index in [-0.39, 0.29) is 31.3 Å². The molecule has 2 aromatic rings. The summed E-state index contributed by atoms with van der Waals surface area (Å²) in [5, 5.41) is 0. The fourth-order valence-corrected chi connectivity index (χ4v) is 2.82. The van der Waals surface area contributed by atoms with Gasteiger partial charge in [-0.15, -0.1) is 0 Å². The van der Waals surface area contributed by atoms with Gasteiger partial charge in [-0.2, -0.15) is 0 Å². The van der Waals surface area contributed by atoms with Crippen molar-refractivity contribution in [2.45, 2.75) is 19.3 Å². The van der Waals surface area contributed by atoms with Gasteiger partial charge in [0, 0.05) is 24.2 Å². The van der Waals surface area contributed by atoms with E-state index in [0.29, 0.717) is 24.3 Å². The van der Waals surface area contributed by atoms with E-state index in [4.69, 9.17) is 9.47 Å². The molecule has 3 rings (SSSR count). The van der Waals surface area contributed by atoms with E-state index in [1.165, 1.54) is 0 Å². The first-order valence-corrected chi connectivity index (χ1v) is 8.90. The summed E-state index contributed by atoms with van der Waals surface area (Å²) in [6.45, 7) is 0.580. The predicted octanol–water partition coefficient (Wildman–Crippen LogP) is 3.01. The van der Waals surface area contributed by atoms with Crippen LogP contribution in [0.15, 0.2) is 54.6 Å². The molecule has 0 aliphatic carbocycles. The van der Waals surface area contributed by atoms with Gasteiger partial charge in [-0.3, -0.25) is 14.4 Å². The summed E-state index contributed by atoms with van der Waals surface area (Å²) in [5.41, 5.74) is 1.22. The third-order valence-electron chi connectivity index (χ3n) is 4.26. The highest BCUT2D eigenvalue weighted by Gasteiger charge is 2.21. The Morgan fingerprint density at radius 3 is 2.41 bits per heavy atom. The fraction of sp³-hybridized carbons (Fsp3) is 0.286. The van der Waals surface area contributed by atoms with Crippen LogP contribution in [-0.4, -0.2) is 37.4 Å². The molecule has 0 saturated carbocycles. The van der Waals surface area contributed by atoms with Gasteiger partial charge in [-0.25, -0.2) is 0 Å². The molecule has 0 N–H and O–H groups in total. The monoisotopic (exact) mass is 367 g/mol. The highest BCUT2D eigenvalue weighted by Crippen LogP contribution is 2.21. The minimum atomic E-state index is -0.487. The summed E-state index contributed by atoms with van der Waals surface area (Å²) in [6.07, 6.45) is 1.48. The molecule has 1 aliphatic rings. The number of ether oxygens (including phenoxy) is 2. The summed E-state index contributed by atoms with van der Waals surface area (Å²) in [5.74, 6) is 0.00358. The predicted molar refractivity (Wildman–Crippen MR) is 99.9 cm³/mol. The van der Waals surface area contributed by atoms with Crippen LogP contribution in [0.25, 0.3) is 0 Å². The Bertz CT molecular complexity index is 801. The molecule has 0 unspecified atom stereocenters. The minimum Gasteiger partial charge on any atom is -0.493 e. The summed E-state index contributed by atoms with van der Waals surface area (Å²) < 4.78 is 10.4. The number of hydrogen-bond donors (Lipinski definition) is 0. The van der Waals surface area contributed by atoms with Gasteiger partial charge < -0.3 is 14.4 Å². The summed E-state index contributed by atoms with van der Waals surface area (Å²) in [7, 11) is 0. The van der Waals surface area contributed by atoms with E-state index >= 15 is 0 Å². The van der Waals surface area contributed by atoms with Crippen LogP contribution in [0.4, 0.5) is 5.69 Å². The lowest BCUT2D eigenvalue weighted by atomic mass is 10.1. The van der Waals surface area contributed by atoms with E-state index < -0.39 is 5.97 Å². The Morgan fingerprint density at radius 1 is 1.00 bits per heavy atom. The fourth-order valence-electron chi connectivity index (χ4n) is 2.82. The molecule has 0 atom stereocenters. The number of carbonyl (C=O) groups is 3. The van der Waals surface area contributed by atoms with Gasteiger partial charge in [0.05, 0.1) is 13.0 Å². The first-order valence-electron chi connectivity index (χ1n) is 8.90. The number of anilines is 1. The number of hydrogen-bond acceptors (Lipinski definition) is 5. The molecule has 0 radical (unpaired) electrons. The summed E-state index contributed by atoms with van der Waals surface area (Å²) in [6, 6.07) is 15.9. The third-order valence-corrected chi connectivity index (χ3v) is 4.26. The van der Waals surface area contributed by atoms with Gasteiger partial charge in [-0.05, 0) is 42.8 Å². The van der Waals surface area contributed by atoms with Crippen LogP contribution < -0.4 is 9.64 Å². The number of amides is 1. The van der Waals surface area contributed by atoms with Gasteiger partial charge >= 0.3 is 5.97 Å². The second kappa shape index (κ2) is 8.98. The summed E-state index contributed by atoms with van der Waals surface area (Å²) >= 11 is 0. The molecule has 0 spiro atoms. The van der Waals surface area contributed by atoms with Crippen molar-refractivity contribution in [1.29, 1.82) is 0 Å². The number of ketones is 1. The normalized spacial score (nSPS) is 13.5. The average Bonchev–Trinajstić information content (AvgIpc) is 3.13. The molecule has 1 amide bonds. The molecular weight excluding hydrogens is 346 g/mol. The standard InChI is InChI=1S/C21H21NO5/c23-19(15-27-21(25)12-14-26-18-5-2-1-3-6-18)16-8-10-17(11-9-16)22-13-4-7-20(22)24/h1-3,5-6,8-11H,4,7,12-15H2. The first-order chi connectivity index (χ1) is 13.1. The van der Waals surface area contributed by atoms with Crippen molar-refractivity contribution in [2.24, 2.45) is 0 Å². The zero-order valence-corrected chi connectivity index (χ0v) is 14.9. The number of benzene rings is 2. The van der Waals surface area contributed by atoms with Crippen molar-refractivity contribution in [3.63, 3.8) is 0 Å². The molecule has 1 aliphatic heterocycles. The number of Topliss-reactive ketones (excluding diaryl/α,β-unsaturated/α-hetero) is 1. The lowest BCUT2D eigenvalue weighted by Gasteiger charge is -2.15. The molecule has 140 valence electrons. The molecule has 1 heterocycles. The SMILES string of the molecule is O=C(CCOc1ccccc1)OCC(=O)c1ccc(N2CCCC2=O)cc1. The topological polar surface area (TPSA) is 72.9 Å². The second-order valence-electron chi connectivity index (χ2n) is 6.19. The maximum atomic E-state index is 12.2. The number of esters is 1. The van der Waals surface area contributed by atoms with Crippen LogP contribution in [0.2, 0.25) is 0 Å². The quantitative estimate of drug-likeness (QED) is 0.530. The maximum absolute atomic E-state index is 12.2. The van der Waals surface area contributed by atoms with Crippen LogP contribution in [0.1, 0.15) is 29.6 Å². The number of nitrogens with zero attached hydrogens (tertiary/aromatic N) is 1. The molecule has 1 saturated heterocycles. The minimum absolute atomic E-state index is 0.0676. The first kappa shape index (κ1) is 18.6. The smallest absolute Gasteiger partial charge is 0.309 e. The van der Waals surface area contributed by atoms with Crippen molar-refractivity contribution in [3.05, 3.63) is 60.2 Å². The molecule has 27 heavy (non-hydrogen) atoms. The van der Waals surface area contributed by atoms with Crippen LogP contribution in [-0.2, 0) is 14.3 Å². The molecular formula is C21H21NO5. The molecule has 6 heteroatoms. The molecule has 0 aromatic heterocycles. The Balaban J connectivity index is 1.42. The van der Waals surface area contributed by atoms with Crippen LogP contribution >= 0.6 is 0 Å². The van der Waals surface area contributed by atoms with Gasteiger partial charge in [0.2, 0.25) is 5.91 Å². The Morgan fingerprint density at radius 2 is 1.74 bits per heavy atom. The van der Waals surface area contributed by atoms with Crippen molar-refractivity contribution >= 4 is 23.3 Å². The third kappa shape index (κ3) is 5.17. The lowest BCUT2D eigenvalue weighted by Crippen LogP contribution is -2.23. The summed E-state index contributed by atoms with van der Waals surface area (Å²) in [4.78, 5) is 37.3. The van der Waals surface area contributed by atoms with Crippen molar-refractivity contribution in [3.8, 4) is 5.75 Å². The Hall–Kier alpha value is -3.15. The average molecular weight is 367 g/mol. The van der Waals surface area contributed by atoms with Crippen molar-refractivity contribution in [1.82, 2.24) is 0 Å². The molecule has 1 fully saturated rings. The Kier molecular flexibility index (Phi) is 6.20. The van der Waals surface area contributed by atoms with E-state index in [0.717, 1.165) is 12.1 Å². The van der Waals surface area contributed by atoms with Gasteiger partial charge in [0.1, 0.15) is 5.75 Å². The van der Waals surface area contributed by atoms with Crippen molar-refractivity contribution < 1.29 is 23.9 Å². The number of para-hydroxylation sites is 1. The van der Waals surface area contributed by atoms with Gasteiger partial charge in [0.25, 0.3) is 0 Å². The molecule has 6 nitrogen and oxygen atoms in total. The maximum Gasteiger partial charge on any atom is 0.309 e. The van der Waals surface area contributed by atoms with Gasteiger partial charge in [0.15, 0.2) is 12.4 Å². The van der Waals surface area contributed by atoms with Crippen LogP contribution in [0.5, 0.6) is 5.75 Å². The van der Waals surface area contributed by atoms with E-state index in [1.807, 2.05) is 18.2 Å². The number of carbonyl (C=O) groups excluding carboxylic acids is 3. The number of rotatable bonds is 8. The van der Waals surface area contributed by atoms with Crippen molar-refractivity contribution in [2.75, 3.05) is 24.7 Å². The molecule has 2 aromatic carbocycles. The van der Waals surface area contributed by atoms with Crippen LogP contribution in [0, 0.1) is 0 Å². The molecule has 0 bridgehead atoms. The van der Waals surface area contributed by atoms with Gasteiger partial charge in [-0.1, -0.05) is 18.2 Å². The Labute approximate surface area is 157 Å².